The first-order chi connectivity index (χ1) is 15.2. The monoisotopic (exact) mass is 448 g/mol. The summed E-state index contributed by atoms with van der Waals surface area (Å²) >= 11 is 0. The second-order valence-corrected chi connectivity index (χ2v) is 7.32. The Morgan fingerprint density at radius 3 is 2.38 bits per heavy atom. The van der Waals surface area contributed by atoms with E-state index in [1.54, 1.807) is 0 Å². The summed E-state index contributed by atoms with van der Waals surface area (Å²) in [6, 6.07) is 6.19. The SMILES string of the molecule is O=C1C(=Cc2ccc(O)c(O)c2)Oc2cc(O[C@@H]3O[C@@H](CO)[C@@H](O)[C@H](O)[C@@H]3O)c(O)cc21. The Labute approximate surface area is 180 Å². The predicted molar refractivity (Wildman–Crippen MR) is 105 cm³/mol. The highest BCUT2D eigenvalue weighted by Gasteiger charge is 2.45. The summed E-state index contributed by atoms with van der Waals surface area (Å²) in [5.41, 5.74) is 0.399. The third kappa shape index (κ3) is 3.83. The minimum atomic E-state index is -1.69. The molecule has 0 bridgehead atoms. The molecule has 11 heteroatoms. The summed E-state index contributed by atoms with van der Waals surface area (Å²) in [6.07, 6.45) is -6.35. The van der Waals surface area contributed by atoms with Gasteiger partial charge < -0.3 is 50.0 Å². The number of ketones is 1. The van der Waals surface area contributed by atoms with Gasteiger partial charge in [0.25, 0.3) is 0 Å². The van der Waals surface area contributed by atoms with Crippen molar-refractivity contribution in [2.75, 3.05) is 6.61 Å². The third-order valence-corrected chi connectivity index (χ3v) is 5.14. The van der Waals surface area contributed by atoms with Crippen LogP contribution in [0.4, 0.5) is 0 Å². The summed E-state index contributed by atoms with van der Waals surface area (Å²) in [6.45, 7) is -0.653. The van der Waals surface area contributed by atoms with Crippen molar-refractivity contribution in [2.24, 2.45) is 0 Å². The number of aliphatic hydroxyl groups is 4. The number of rotatable bonds is 4. The number of ether oxygens (including phenoxy) is 3. The number of hydrogen-bond donors (Lipinski definition) is 7. The number of hydrogen-bond acceptors (Lipinski definition) is 11. The molecule has 1 saturated heterocycles. The molecule has 2 heterocycles. The van der Waals surface area contributed by atoms with Crippen LogP contribution in [-0.2, 0) is 4.74 Å². The van der Waals surface area contributed by atoms with Crippen molar-refractivity contribution in [1.82, 2.24) is 0 Å². The van der Waals surface area contributed by atoms with Gasteiger partial charge in [0.05, 0.1) is 12.2 Å². The lowest BCUT2D eigenvalue weighted by Crippen LogP contribution is -2.60. The third-order valence-electron chi connectivity index (χ3n) is 5.14. The largest absolute Gasteiger partial charge is 0.504 e. The van der Waals surface area contributed by atoms with Crippen LogP contribution in [0.15, 0.2) is 36.1 Å². The molecule has 2 aromatic rings. The van der Waals surface area contributed by atoms with Crippen LogP contribution >= 0.6 is 0 Å². The number of aliphatic hydroxyl groups excluding tert-OH is 4. The molecule has 11 nitrogen and oxygen atoms in total. The van der Waals surface area contributed by atoms with E-state index in [1.165, 1.54) is 30.3 Å². The summed E-state index contributed by atoms with van der Waals surface area (Å²) < 4.78 is 16.2. The van der Waals surface area contributed by atoms with E-state index in [2.05, 4.69) is 0 Å². The maximum Gasteiger partial charge on any atom is 0.232 e. The number of aromatic hydroxyl groups is 3. The number of benzene rings is 2. The van der Waals surface area contributed by atoms with Gasteiger partial charge in [-0.3, -0.25) is 4.79 Å². The van der Waals surface area contributed by atoms with Crippen LogP contribution in [0.5, 0.6) is 28.7 Å². The number of phenolic OH excluding ortho intramolecular Hbond substituents is 3. The fourth-order valence-corrected chi connectivity index (χ4v) is 3.37. The van der Waals surface area contributed by atoms with E-state index >= 15 is 0 Å². The van der Waals surface area contributed by atoms with Gasteiger partial charge in [-0.15, -0.1) is 0 Å². The highest BCUT2D eigenvalue weighted by Crippen LogP contribution is 2.41. The van der Waals surface area contributed by atoms with Crippen LogP contribution in [0.3, 0.4) is 0 Å². The molecule has 32 heavy (non-hydrogen) atoms. The van der Waals surface area contributed by atoms with Crippen LogP contribution in [0.1, 0.15) is 15.9 Å². The lowest BCUT2D eigenvalue weighted by atomic mass is 9.99. The summed E-state index contributed by atoms with van der Waals surface area (Å²) in [5, 5.41) is 68.4. The Morgan fingerprint density at radius 2 is 1.69 bits per heavy atom. The van der Waals surface area contributed by atoms with Crippen LogP contribution < -0.4 is 9.47 Å². The van der Waals surface area contributed by atoms with Crippen molar-refractivity contribution in [1.29, 1.82) is 0 Å². The van der Waals surface area contributed by atoms with E-state index in [9.17, 15) is 40.5 Å². The number of phenols is 3. The van der Waals surface area contributed by atoms with Gasteiger partial charge in [-0.05, 0) is 29.8 Å². The zero-order valence-electron chi connectivity index (χ0n) is 16.3. The molecule has 0 spiro atoms. The van der Waals surface area contributed by atoms with Crippen molar-refractivity contribution < 1.29 is 54.8 Å². The fraction of sp³-hybridized carbons (Fsp3) is 0.286. The van der Waals surface area contributed by atoms with Crippen molar-refractivity contribution >= 4 is 11.9 Å². The highest BCUT2D eigenvalue weighted by atomic mass is 16.7. The number of allylic oxidation sites excluding steroid dienone is 1. The second kappa shape index (κ2) is 8.30. The second-order valence-electron chi connectivity index (χ2n) is 7.32. The topological polar surface area (TPSA) is 186 Å². The molecule has 170 valence electrons. The number of carbonyl (C=O) groups is 1. The molecule has 1 fully saturated rings. The van der Waals surface area contributed by atoms with Gasteiger partial charge in [-0.25, -0.2) is 0 Å². The molecule has 2 aliphatic heterocycles. The van der Waals surface area contributed by atoms with Gasteiger partial charge in [0.1, 0.15) is 30.2 Å². The van der Waals surface area contributed by atoms with Crippen molar-refractivity contribution in [2.45, 2.75) is 30.7 Å². The van der Waals surface area contributed by atoms with Crippen molar-refractivity contribution in [3.8, 4) is 28.7 Å². The van der Waals surface area contributed by atoms with Gasteiger partial charge in [-0.1, -0.05) is 6.07 Å². The smallest absolute Gasteiger partial charge is 0.232 e. The molecule has 2 aromatic carbocycles. The van der Waals surface area contributed by atoms with E-state index in [1.807, 2.05) is 0 Å². The van der Waals surface area contributed by atoms with Crippen LogP contribution in [0, 0.1) is 0 Å². The standard InChI is InChI=1S/C21H20O11/c22-7-16-18(27)19(28)20(29)21(32-16)31-14-6-13-9(5-12(14)25)17(26)15(30-13)4-8-1-2-10(23)11(24)3-8/h1-6,16,18-25,27-29H,7H2/t16-,18+,19-,20-,21+/m0/s1. The fourth-order valence-electron chi connectivity index (χ4n) is 3.37. The number of fused-ring (bicyclic) bond motifs is 1. The average molecular weight is 448 g/mol. The molecular formula is C21H20O11. The Hall–Kier alpha value is -3.35. The van der Waals surface area contributed by atoms with Gasteiger partial charge in [0, 0.05) is 6.07 Å². The van der Waals surface area contributed by atoms with Gasteiger partial charge >= 0.3 is 0 Å². The molecule has 0 amide bonds. The molecule has 4 rings (SSSR count). The Bertz CT molecular complexity index is 1080. The van der Waals surface area contributed by atoms with Gasteiger partial charge in [0.15, 0.2) is 28.8 Å². The number of carbonyl (C=O) groups excluding carboxylic acids is 1. The summed E-state index contributed by atoms with van der Waals surface area (Å²) in [4.78, 5) is 12.6. The Balaban J connectivity index is 1.58. The maximum atomic E-state index is 12.6. The molecule has 0 aromatic heterocycles. The van der Waals surface area contributed by atoms with Crippen molar-refractivity contribution in [3.05, 3.63) is 47.2 Å². The van der Waals surface area contributed by atoms with Crippen LogP contribution in [0.25, 0.3) is 6.08 Å². The van der Waals surface area contributed by atoms with E-state index in [0.29, 0.717) is 5.56 Å². The first-order valence-corrected chi connectivity index (χ1v) is 9.50. The summed E-state index contributed by atoms with van der Waals surface area (Å²) in [5.74, 6) is -2.08. The zero-order chi connectivity index (χ0) is 23.2. The Kier molecular flexibility index (Phi) is 5.67. The van der Waals surface area contributed by atoms with E-state index < -0.39 is 48.8 Å². The molecule has 2 aliphatic rings. The lowest BCUT2D eigenvalue weighted by Gasteiger charge is -2.39. The zero-order valence-corrected chi connectivity index (χ0v) is 16.3. The summed E-state index contributed by atoms with van der Waals surface area (Å²) in [7, 11) is 0. The molecule has 7 N–H and O–H groups in total. The average Bonchev–Trinajstić information content (AvgIpc) is 3.05. The predicted octanol–water partition coefficient (Wildman–Crippen LogP) is -0.402. The van der Waals surface area contributed by atoms with E-state index in [0.717, 1.165) is 6.07 Å². The Morgan fingerprint density at radius 1 is 0.938 bits per heavy atom. The minimum Gasteiger partial charge on any atom is -0.504 e. The molecule has 0 radical (unpaired) electrons. The quantitative estimate of drug-likeness (QED) is 0.238. The highest BCUT2D eigenvalue weighted by molar-refractivity contribution is 6.14. The van der Waals surface area contributed by atoms with Gasteiger partial charge in [0.2, 0.25) is 12.1 Å². The normalized spacial score (nSPS) is 28.4. The van der Waals surface area contributed by atoms with Crippen LogP contribution in [-0.4, -0.2) is 78.8 Å². The first-order valence-electron chi connectivity index (χ1n) is 9.50. The number of Topliss-reactive ketones (excluding diaryl/α,β-unsaturated/α-hetero) is 1. The minimum absolute atomic E-state index is 0.0258. The molecule has 0 saturated carbocycles. The van der Waals surface area contributed by atoms with E-state index in [-0.39, 0.29) is 34.3 Å². The molecular weight excluding hydrogens is 428 g/mol. The first kappa shape index (κ1) is 21.9. The van der Waals surface area contributed by atoms with E-state index in [4.69, 9.17) is 14.2 Å². The maximum absolute atomic E-state index is 12.6. The molecule has 5 atom stereocenters. The molecule has 0 aliphatic carbocycles. The molecule has 0 unspecified atom stereocenters. The van der Waals surface area contributed by atoms with Crippen molar-refractivity contribution in [3.63, 3.8) is 0 Å². The van der Waals surface area contributed by atoms with Crippen LogP contribution in [0.2, 0.25) is 0 Å². The van der Waals surface area contributed by atoms with Gasteiger partial charge in [-0.2, -0.15) is 0 Å². The lowest BCUT2D eigenvalue weighted by molar-refractivity contribution is -0.277.